The van der Waals surface area contributed by atoms with Crippen LogP contribution in [0.4, 0.5) is 4.39 Å². The molecule has 0 bridgehead atoms. The van der Waals surface area contributed by atoms with Crippen molar-refractivity contribution in [3.8, 4) is 22.4 Å². The van der Waals surface area contributed by atoms with Gasteiger partial charge in [-0.15, -0.1) is 0 Å². The molecule has 0 unspecified atom stereocenters. The van der Waals surface area contributed by atoms with E-state index in [2.05, 4.69) is 19.9 Å². The summed E-state index contributed by atoms with van der Waals surface area (Å²) in [6.45, 7) is 4.78. The summed E-state index contributed by atoms with van der Waals surface area (Å²) in [6, 6.07) is 12.9. The Hall–Kier alpha value is -2.46. The smallest absolute Gasteiger partial charge is 0.123 e. The molecule has 3 aromatic rings. The predicted octanol–water partition coefficient (Wildman–Crippen LogP) is 5.11. The zero-order valence-electron chi connectivity index (χ0n) is 17.3. The van der Waals surface area contributed by atoms with Gasteiger partial charge in [0.15, 0.2) is 0 Å². The summed E-state index contributed by atoms with van der Waals surface area (Å²) in [5.41, 5.74) is 9.62. The molecule has 4 heteroatoms. The summed E-state index contributed by atoms with van der Waals surface area (Å²) in [5.74, 6) is 0.00167. The molecule has 0 fully saturated rings. The van der Waals surface area contributed by atoms with Crippen molar-refractivity contribution in [3.05, 3.63) is 70.7 Å². The lowest BCUT2D eigenvalue weighted by molar-refractivity contribution is 0.184. The largest absolute Gasteiger partial charge is 0.380 e. The molecule has 0 aliphatic heterocycles. The number of rotatable bonds is 4. The Morgan fingerprint density at radius 3 is 2.55 bits per heavy atom. The Balaban J connectivity index is 2.09. The van der Waals surface area contributed by atoms with E-state index in [1.165, 1.54) is 23.3 Å². The van der Waals surface area contributed by atoms with Crippen molar-refractivity contribution in [1.29, 1.82) is 0 Å². The van der Waals surface area contributed by atoms with Crippen molar-refractivity contribution in [2.45, 2.75) is 45.6 Å². The summed E-state index contributed by atoms with van der Waals surface area (Å²) in [5, 5.41) is 0. The minimum Gasteiger partial charge on any atom is -0.380 e. The Kier molecular flexibility index (Phi) is 5.55. The zero-order chi connectivity index (χ0) is 20.5. The Morgan fingerprint density at radius 2 is 1.86 bits per heavy atom. The van der Waals surface area contributed by atoms with Crippen LogP contribution in [-0.4, -0.2) is 19.9 Å². The molecular formula is C25H25BFNO. The fourth-order valence-corrected chi connectivity index (χ4v) is 4.37. The molecule has 0 spiro atoms. The number of fused-ring (bicyclic) bond motifs is 3. The molecule has 2 nitrogen and oxygen atoms in total. The molecule has 1 aliphatic rings. The molecule has 1 aromatic heterocycles. The van der Waals surface area contributed by atoms with E-state index in [1.54, 1.807) is 7.11 Å². The Bertz CT molecular complexity index is 1040. The van der Waals surface area contributed by atoms with E-state index in [4.69, 9.17) is 17.6 Å². The normalized spacial score (nSPS) is 13.1. The standard InChI is InChI=1S/C25H25BFNO/c1-15(2)24-22(14-29-3)23(17-8-11-19(27)12-9-17)20-6-4-5-16-7-10-18(26)13-21(16)25(20)28-24/h7-13,15H,4-6,14H2,1-3H3. The van der Waals surface area contributed by atoms with Crippen molar-refractivity contribution in [2.75, 3.05) is 7.11 Å². The average molecular weight is 385 g/mol. The van der Waals surface area contributed by atoms with Crippen LogP contribution in [-0.2, 0) is 24.2 Å². The third-order valence-electron chi connectivity index (χ3n) is 5.66. The van der Waals surface area contributed by atoms with Gasteiger partial charge in [0.1, 0.15) is 13.7 Å². The Labute approximate surface area is 173 Å². The van der Waals surface area contributed by atoms with E-state index in [1.807, 2.05) is 24.3 Å². The lowest BCUT2D eigenvalue weighted by atomic mass is 9.86. The van der Waals surface area contributed by atoms with Crippen LogP contribution in [0.5, 0.6) is 0 Å². The van der Waals surface area contributed by atoms with Gasteiger partial charge >= 0.3 is 0 Å². The van der Waals surface area contributed by atoms with Crippen LogP contribution in [0.25, 0.3) is 22.4 Å². The highest BCUT2D eigenvalue weighted by Crippen LogP contribution is 2.41. The number of nitrogens with zero attached hydrogens (tertiary/aromatic N) is 1. The molecule has 2 radical (unpaired) electrons. The number of halogens is 1. The van der Waals surface area contributed by atoms with Gasteiger partial charge in [0.2, 0.25) is 0 Å². The number of aryl methyl sites for hydroxylation is 1. The number of hydrogen-bond acceptors (Lipinski definition) is 2. The molecule has 0 atom stereocenters. The van der Waals surface area contributed by atoms with E-state index in [9.17, 15) is 4.39 Å². The van der Waals surface area contributed by atoms with Crippen LogP contribution in [0.3, 0.4) is 0 Å². The average Bonchev–Trinajstić information content (AvgIpc) is 2.87. The highest BCUT2D eigenvalue weighted by Gasteiger charge is 2.25. The summed E-state index contributed by atoms with van der Waals surface area (Å²) in [4.78, 5) is 5.17. The number of methoxy groups -OCH3 is 1. The van der Waals surface area contributed by atoms with Gasteiger partial charge in [-0.2, -0.15) is 0 Å². The summed E-state index contributed by atoms with van der Waals surface area (Å²) in [7, 11) is 7.85. The molecular weight excluding hydrogens is 360 g/mol. The molecule has 0 amide bonds. The maximum atomic E-state index is 13.7. The SMILES string of the molecule is [B]c1ccc2c(c1)-c1nc(C(C)C)c(COC)c(-c3ccc(F)cc3)c1CCC2. The molecule has 2 aromatic carbocycles. The highest BCUT2D eigenvalue weighted by atomic mass is 19.1. The number of ether oxygens (including phenoxy) is 1. The molecule has 29 heavy (non-hydrogen) atoms. The van der Waals surface area contributed by atoms with Crippen LogP contribution in [0.2, 0.25) is 0 Å². The number of aromatic nitrogens is 1. The van der Waals surface area contributed by atoms with E-state index >= 15 is 0 Å². The van der Waals surface area contributed by atoms with Gasteiger partial charge < -0.3 is 4.74 Å². The molecule has 1 heterocycles. The quantitative estimate of drug-likeness (QED) is 0.583. The van der Waals surface area contributed by atoms with Gasteiger partial charge in [0, 0.05) is 23.9 Å². The fourth-order valence-electron chi connectivity index (χ4n) is 4.37. The second-order valence-electron chi connectivity index (χ2n) is 8.04. The van der Waals surface area contributed by atoms with Crippen molar-refractivity contribution in [1.82, 2.24) is 4.98 Å². The molecule has 0 N–H and O–H groups in total. The second-order valence-corrected chi connectivity index (χ2v) is 8.04. The minimum atomic E-state index is -0.232. The topological polar surface area (TPSA) is 22.1 Å². The number of hydrogen-bond donors (Lipinski definition) is 0. The first kappa shape index (κ1) is 19.8. The third-order valence-corrected chi connectivity index (χ3v) is 5.66. The molecule has 1 aliphatic carbocycles. The first-order chi connectivity index (χ1) is 14.0. The van der Waals surface area contributed by atoms with E-state index < -0.39 is 0 Å². The van der Waals surface area contributed by atoms with E-state index in [0.29, 0.717) is 6.61 Å². The van der Waals surface area contributed by atoms with Crippen LogP contribution < -0.4 is 5.46 Å². The summed E-state index contributed by atoms with van der Waals surface area (Å²) >= 11 is 0. The van der Waals surface area contributed by atoms with Crippen molar-refractivity contribution in [3.63, 3.8) is 0 Å². The van der Waals surface area contributed by atoms with Crippen LogP contribution in [0, 0.1) is 5.82 Å². The van der Waals surface area contributed by atoms with Crippen LogP contribution in [0.1, 0.15) is 48.6 Å². The molecule has 146 valence electrons. The van der Waals surface area contributed by atoms with Crippen molar-refractivity contribution >= 4 is 13.3 Å². The van der Waals surface area contributed by atoms with Gasteiger partial charge in [-0.05, 0) is 59.6 Å². The zero-order valence-corrected chi connectivity index (χ0v) is 17.3. The Morgan fingerprint density at radius 1 is 1.10 bits per heavy atom. The highest BCUT2D eigenvalue weighted by molar-refractivity contribution is 6.32. The maximum absolute atomic E-state index is 13.7. The van der Waals surface area contributed by atoms with Gasteiger partial charge in [-0.1, -0.05) is 49.6 Å². The molecule has 0 saturated heterocycles. The monoisotopic (exact) mass is 385 g/mol. The van der Waals surface area contributed by atoms with Crippen LogP contribution >= 0.6 is 0 Å². The van der Waals surface area contributed by atoms with Crippen molar-refractivity contribution < 1.29 is 9.13 Å². The van der Waals surface area contributed by atoms with Gasteiger partial charge in [-0.25, -0.2) is 4.39 Å². The van der Waals surface area contributed by atoms with E-state index in [0.717, 1.165) is 58.4 Å². The molecule has 4 rings (SSSR count). The maximum Gasteiger partial charge on any atom is 0.123 e. The fraction of sp³-hybridized carbons (Fsp3) is 0.320. The van der Waals surface area contributed by atoms with Gasteiger partial charge in [-0.3, -0.25) is 4.98 Å². The van der Waals surface area contributed by atoms with Gasteiger partial charge in [0.25, 0.3) is 0 Å². The summed E-state index contributed by atoms with van der Waals surface area (Å²) < 4.78 is 19.2. The number of pyridine rings is 1. The molecule has 0 saturated carbocycles. The second kappa shape index (κ2) is 8.12. The lowest BCUT2D eigenvalue weighted by Crippen LogP contribution is -2.11. The van der Waals surface area contributed by atoms with Crippen LogP contribution in [0.15, 0.2) is 42.5 Å². The predicted molar refractivity (Wildman–Crippen MR) is 117 cm³/mol. The summed E-state index contributed by atoms with van der Waals surface area (Å²) in [6.07, 6.45) is 2.94. The first-order valence-corrected chi connectivity index (χ1v) is 10.2. The minimum absolute atomic E-state index is 0.232. The van der Waals surface area contributed by atoms with E-state index in [-0.39, 0.29) is 11.7 Å². The number of benzene rings is 2. The first-order valence-electron chi connectivity index (χ1n) is 10.2. The third kappa shape index (κ3) is 3.74. The van der Waals surface area contributed by atoms with Gasteiger partial charge in [0.05, 0.1) is 12.3 Å². The lowest BCUT2D eigenvalue weighted by Gasteiger charge is -2.23. The van der Waals surface area contributed by atoms with Crippen molar-refractivity contribution in [2.24, 2.45) is 0 Å².